The summed E-state index contributed by atoms with van der Waals surface area (Å²) in [4.78, 5) is 23.4. The van der Waals surface area contributed by atoms with Crippen LogP contribution in [0.1, 0.15) is 23.3 Å². The van der Waals surface area contributed by atoms with Crippen molar-refractivity contribution in [2.45, 2.75) is 12.8 Å². The summed E-state index contributed by atoms with van der Waals surface area (Å²) in [7, 11) is 2.14. The minimum absolute atomic E-state index is 0.0819. The maximum absolute atomic E-state index is 12.4. The SMILES string of the molecule is CN1CCN(c2cccc(C(=O)N3CCCC3)n2)CC1. The normalized spacial score (nSPS) is 20.4. The van der Waals surface area contributed by atoms with Gasteiger partial charge in [0.1, 0.15) is 11.5 Å². The van der Waals surface area contributed by atoms with Crippen molar-refractivity contribution in [1.82, 2.24) is 14.8 Å². The van der Waals surface area contributed by atoms with E-state index < -0.39 is 0 Å². The minimum atomic E-state index is 0.0819. The number of carbonyl (C=O) groups excluding carboxylic acids is 1. The molecule has 2 aliphatic heterocycles. The van der Waals surface area contributed by atoms with Crippen molar-refractivity contribution in [3.63, 3.8) is 0 Å². The van der Waals surface area contributed by atoms with Gasteiger partial charge in [0.2, 0.25) is 0 Å². The lowest BCUT2D eigenvalue weighted by molar-refractivity contribution is 0.0787. The van der Waals surface area contributed by atoms with Crippen molar-refractivity contribution < 1.29 is 4.79 Å². The Hall–Kier alpha value is -1.62. The second-order valence-electron chi connectivity index (χ2n) is 5.67. The molecule has 108 valence electrons. The molecule has 5 heteroatoms. The van der Waals surface area contributed by atoms with Gasteiger partial charge in [0.05, 0.1) is 0 Å². The maximum Gasteiger partial charge on any atom is 0.272 e. The largest absolute Gasteiger partial charge is 0.354 e. The topological polar surface area (TPSA) is 39.7 Å². The van der Waals surface area contributed by atoms with E-state index in [2.05, 4.69) is 21.8 Å². The molecular weight excluding hydrogens is 252 g/mol. The summed E-state index contributed by atoms with van der Waals surface area (Å²) >= 11 is 0. The molecule has 1 aromatic heterocycles. The third-order valence-electron chi connectivity index (χ3n) is 4.17. The fourth-order valence-corrected chi connectivity index (χ4v) is 2.84. The van der Waals surface area contributed by atoms with Crippen molar-refractivity contribution in [2.75, 3.05) is 51.2 Å². The van der Waals surface area contributed by atoms with Crippen LogP contribution in [0.25, 0.3) is 0 Å². The van der Waals surface area contributed by atoms with Crippen LogP contribution in [0.15, 0.2) is 18.2 Å². The highest BCUT2D eigenvalue weighted by Gasteiger charge is 2.22. The van der Waals surface area contributed by atoms with Crippen molar-refractivity contribution in [3.8, 4) is 0 Å². The zero-order chi connectivity index (χ0) is 13.9. The first-order chi connectivity index (χ1) is 9.74. The van der Waals surface area contributed by atoms with Gasteiger partial charge in [0, 0.05) is 39.3 Å². The Morgan fingerprint density at radius 1 is 1.05 bits per heavy atom. The Labute approximate surface area is 120 Å². The first-order valence-electron chi connectivity index (χ1n) is 7.44. The van der Waals surface area contributed by atoms with Crippen LogP contribution in [-0.4, -0.2) is 67.0 Å². The van der Waals surface area contributed by atoms with Gasteiger partial charge in [-0.05, 0) is 32.0 Å². The third kappa shape index (κ3) is 2.77. The summed E-state index contributed by atoms with van der Waals surface area (Å²) in [5.41, 5.74) is 0.586. The first-order valence-corrected chi connectivity index (χ1v) is 7.44. The number of hydrogen-bond donors (Lipinski definition) is 0. The summed E-state index contributed by atoms with van der Waals surface area (Å²) < 4.78 is 0. The molecule has 2 fully saturated rings. The zero-order valence-corrected chi connectivity index (χ0v) is 12.1. The summed E-state index contributed by atoms with van der Waals surface area (Å²) in [5, 5.41) is 0. The highest BCUT2D eigenvalue weighted by atomic mass is 16.2. The van der Waals surface area contributed by atoms with E-state index in [4.69, 9.17) is 0 Å². The molecule has 2 aliphatic rings. The number of carbonyl (C=O) groups is 1. The number of piperazine rings is 1. The highest BCUT2D eigenvalue weighted by Crippen LogP contribution is 2.16. The number of hydrogen-bond acceptors (Lipinski definition) is 4. The monoisotopic (exact) mass is 274 g/mol. The number of rotatable bonds is 2. The van der Waals surface area contributed by atoms with E-state index >= 15 is 0 Å². The van der Waals surface area contributed by atoms with E-state index in [1.165, 1.54) is 0 Å². The molecule has 0 radical (unpaired) electrons. The van der Waals surface area contributed by atoms with Gasteiger partial charge in [-0.2, -0.15) is 0 Å². The average Bonchev–Trinajstić information content (AvgIpc) is 3.01. The fourth-order valence-electron chi connectivity index (χ4n) is 2.84. The van der Waals surface area contributed by atoms with E-state index in [0.717, 1.165) is 57.9 Å². The summed E-state index contributed by atoms with van der Waals surface area (Å²) in [6.07, 6.45) is 2.23. The molecule has 1 aromatic rings. The van der Waals surface area contributed by atoms with Gasteiger partial charge in [-0.15, -0.1) is 0 Å². The zero-order valence-electron chi connectivity index (χ0n) is 12.1. The molecule has 3 rings (SSSR count). The lowest BCUT2D eigenvalue weighted by Crippen LogP contribution is -2.45. The molecule has 3 heterocycles. The molecular formula is C15H22N4O. The van der Waals surface area contributed by atoms with E-state index in [9.17, 15) is 4.79 Å². The molecule has 0 aliphatic carbocycles. The van der Waals surface area contributed by atoms with Crippen LogP contribution in [-0.2, 0) is 0 Å². The Bertz CT molecular complexity index is 477. The maximum atomic E-state index is 12.4. The summed E-state index contributed by atoms with van der Waals surface area (Å²) in [6, 6.07) is 5.79. The molecule has 0 spiro atoms. The van der Waals surface area contributed by atoms with E-state index in [-0.39, 0.29) is 5.91 Å². The van der Waals surface area contributed by atoms with E-state index in [1.54, 1.807) is 0 Å². The first kappa shape index (κ1) is 13.4. The lowest BCUT2D eigenvalue weighted by atomic mass is 10.3. The predicted molar refractivity (Wildman–Crippen MR) is 79.1 cm³/mol. The highest BCUT2D eigenvalue weighted by molar-refractivity contribution is 5.92. The van der Waals surface area contributed by atoms with Crippen LogP contribution >= 0.6 is 0 Å². The molecule has 0 saturated carbocycles. The van der Waals surface area contributed by atoms with Crippen molar-refractivity contribution in [3.05, 3.63) is 23.9 Å². The van der Waals surface area contributed by atoms with Crippen LogP contribution in [0.4, 0.5) is 5.82 Å². The Kier molecular flexibility index (Phi) is 3.87. The molecule has 1 amide bonds. The van der Waals surface area contributed by atoms with Crippen molar-refractivity contribution >= 4 is 11.7 Å². The van der Waals surface area contributed by atoms with Crippen LogP contribution in [0.5, 0.6) is 0 Å². The van der Waals surface area contributed by atoms with Crippen LogP contribution in [0.2, 0.25) is 0 Å². The molecule has 20 heavy (non-hydrogen) atoms. The lowest BCUT2D eigenvalue weighted by Gasteiger charge is -2.33. The van der Waals surface area contributed by atoms with Gasteiger partial charge in [-0.1, -0.05) is 6.07 Å². The minimum Gasteiger partial charge on any atom is -0.354 e. The molecule has 0 aromatic carbocycles. The smallest absolute Gasteiger partial charge is 0.272 e. The quantitative estimate of drug-likeness (QED) is 0.809. The van der Waals surface area contributed by atoms with Gasteiger partial charge < -0.3 is 14.7 Å². The van der Waals surface area contributed by atoms with Crippen LogP contribution in [0, 0.1) is 0 Å². The molecule has 2 saturated heterocycles. The molecule has 0 atom stereocenters. The molecule has 5 nitrogen and oxygen atoms in total. The Morgan fingerprint density at radius 2 is 1.75 bits per heavy atom. The van der Waals surface area contributed by atoms with Gasteiger partial charge in [-0.25, -0.2) is 4.98 Å². The van der Waals surface area contributed by atoms with Crippen LogP contribution < -0.4 is 4.90 Å². The summed E-state index contributed by atoms with van der Waals surface area (Å²) in [6.45, 7) is 5.80. The van der Waals surface area contributed by atoms with Crippen LogP contribution in [0.3, 0.4) is 0 Å². The van der Waals surface area contributed by atoms with E-state index in [0.29, 0.717) is 5.69 Å². The van der Waals surface area contributed by atoms with Gasteiger partial charge >= 0.3 is 0 Å². The number of nitrogens with zero attached hydrogens (tertiary/aromatic N) is 4. The third-order valence-corrected chi connectivity index (χ3v) is 4.17. The predicted octanol–water partition coefficient (Wildman–Crippen LogP) is 1.07. The molecule has 0 bridgehead atoms. The van der Waals surface area contributed by atoms with Crippen molar-refractivity contribution in [1.29, 1.82) is 0 Å². The van der Waals surface area contributed by atoms with Gasteiger partial charge in [0.25, 0.3) is 5.91 Å². The number of aromatic nitrogens is 1. The Balaban J connectivity index is 1.73. The standard InChI is InChI=1S/C15H22N4O/c1-17-9-11-18(12-10-17)14-6-4-5-13(16-14)15(20)19-7-2-3-8-19/h4-6H,2-3,7-12H2,1H3. The number of amides is 1. The Morgan fingerprint density at radius 3 is 2.45 bits per heavy atom. The second-order valence-corrected chi connectivity index (χ2v) is 5.67. The van der Waals surface area contributed by atoms with Gasteiger partial charge in [0.15, 0.2) is 0 Å². The molecule has 0 N–H and O–H groups in total. The average molecular weight is 274 g/mol. The van der Waals surface area contributed by atoms with Gasteiger partial charge in [-0.3, -0.25) is 4.79 Å². The summed E-state index contributed by atoms with van der Waals surface area (Å²) in [5.74, 6) is 1.02. The van der Waals surface area contributed by atoms with E-state index in [1.807, 2.05) is 23.1 Å². The fraction of sp³-hybridized carbons (Fsp3) is 0.600. The number of pyridine rings is 1. The number of likely N-dealkylation sites (tertiary alicyclic amines) is 1. The molecule has 0 unspecified atom stereocenters. The number of likely N-dealkylation sites (N-methyl/N-ethyl adjacent to an activating group) is 1. The second kappa shape index (κ2) is 5.79. The number of anilines is 1. The van der Waals surface area contributed by atoms with Crippen molar-refractivity contribution in [2.24, 2.45) is 0 Å².